The van der Waals surface area contributed by atoms with Crippen molar-refractivity contribution in [2.45, 2.75) is 39.7 Å². The molecule has 0 heterocycles. The van der Waals surface area contributed by atoms with Crippen LogP contribution in [0.1, 0.15) is 34.1 Å². The fourth-order valence-electron chi connectivity index (χ4n) is 2.05. The zero-order valence-corrected chi connectivity index (χ0v) is 14.0. The van der Waals surface area contributed by atoms with Crippen LogP contribution in [-0.4, -0.2) is 74.1 Å². The van der Waals surface area contributed by atoms with E-state index in [4.69, 9.17) is 9.47 Å². The maximum absolute atomic E-state index is 11.4. The summed E-state index contributed by atoms with van der Waals surface area (Å²) in [6, 6.07) is 0. The Labute approximate surface area is 128 Å². The molecule has 6 nitrogen and oxygen atoms in total. The Balaban J connectivity index is 4.37. The second-order valence-corrected chi connectivity index (χ2v) is 5.15. The van der Waals surface area contributed by atoms with Gasteiger partial charge in [0.25, 0.3) is 0 Å². The van der Waals surface area contributed by atoms with E-state index in [1.807, 2.05) is 20.8 Å². The van der Waals surface area contributed by atoms with Crippen LogP contribution in [0.2, 0.25) is 0 Å². The van der Waals surface area contributed by atoms with Gasteiger partial charge in [0, 0.05) is 32.8 Å². The summed E-state index contributed by atoms with van der Waals surface area (Å²) in [5, 5.41) is 12.4. The van der Waals surface area contributed by atoms with Crippen LogP contribution in [0.5, 0.6) is 0 Å². The first kappa shape index (κ1) is 20.3. The van der Waals surface area contributed by atoms with Gasteiger partial charge in [-0.3, -0.25) is 9.69 Å². The lowest BCUT2D eigenvalue weighted by molar-refractivity contribution is -0.144. The van der Waals surface area contributed by atoms with E-state index in [0.717, 1.165) is 13.1 Å². The van der Waals surface area contributed by atoms with Gasteiger partial charge < -0.3 is 19.9 Å². The van der Waals surface area contributed by atoms with Crippen LogP contribution in [-0.2, 0) is 14.3 Å². The molecule has 1 atom stereocenters. The molecule has 2 N–H and O–H groups in total. The smallest absolute Gasteiger partial charge is 0.323 e. The van der Waals surface area contributed by atoms with Gasteiger partial charge in [-0.1, -0.05) is 6.92 Å². The van der Waals surface area contributed by atoms with Crippen LogP contribution < -0.4 is 5.32 Å². The van der Waals surface area contributed by atoms with Crippen LogP contribution in [0.15, 0.2) is 0 Å². The highest BCUT2D eigenvalue weighted by Crippen LogP contribution is 2.11. The lowest BCUT2D eigenvalue weighted by Crippen LogP contribution is -2.51. The third kappa shape index (κ3) is 9.03. The molecule has 0 radical (unpaired) electrons. The van der Waals surface area contributed by atoms with Crippen molar-refractivity contribution in [2.75, 3.05) is 52.6 Å². The molecule has 1 unspecified atom stereocenters. The number of aliphatic carboxylic acids is 1. The van der Waals surface area contributed by atoms with Gasteiger partial charge in [-0.05, 0) is 33.7 Å². The number of carboxylic acids is 1. The second-order valence-electron chi connectivity index (χ2n) is 5.15. The molecule has 0 amide bonds. The highest BCUT2D eigenvalue weighted by Gasteiger charge is 2.32. The lowest BCUT2D eigenvalue weighted by Gasteiger charge is -2.30. The van der Waals surface area contributed by atoms with E-state index in [1.165, 1.54) is 0 Å². The van der Waals surface area contributed by atoms with E-state index in [0.29, 0.717) is 45.9 Å². The van der Waals surface area contributed by atoms with E-state index < -0.39 is 11.5 Å². The summed E-state index contributed by atoms with van der Waals surface area (Å²) in [6.45, 7) is 13.2. The van der Waals surface area contributed by atoms with Gasteiger partial charge >= 0.3 is 5.97 Å². The summed E-state index contributed by atoms with van der Waals surface area (Å²) in [6.07, 6.45) is 0.550. The first-order chi connectivity index (χ1) is 10.00. The average Bonchev–Trinajstić information content (AvgIpc) is 2.44. The van der Waals surface area contributed by atoms with Gasteiger partial charge in [-0.2, -0.15) is 0 Å². The number of likely N-dealkylation sites (N-methyl/N-ethyl adjacent to an activating group) is 1. The number of rotatable bonds is 14. The zero-order chi connectivity index (χ0) is 16.1. The first-order valence-corrected chi connectivity index (χ1v) is 7.86. The topological polar surface area (TPSA) is 71.0 Å². The maximum atomic E-state index is 11.4. The Morgan fingerprint density at radius 3 is 2.00 bits per heavy atom. The van der Waals surface area contributed by atoms with Gasteiger partial charge in [-0.25, -0.2) is 0 Å². The van der Waals surface area contributed by atoms with Crippen LogP contribution in [0.4, 0.5) is 0 Å². The molecule has 0 aliphatic heterocycles. The van der Waals surface area contributed by atoms with Gasteiger partial charge in [0.1, 0.15) is 5.54 Å². The van der Waals surface area contributed by atoms with Crippen molar-refractivity contribution in [2.24, 2.45) is 0 Å². The van der Waals surface area contributed by atoms with E-state index >= 15 is 0 Å². The quantitative estimate of drug-likeness (QED) is 0.470. The minimum absolute atomic E-state index is 0.550. The van der Waals surface area contributed by atoms with E-state index in [-0.39, 0.29) is 0 Å². The van der Waals surface area contributed by atoms with Crippen LogP contribution in [0, 0.1) is 0 Å². The Hall–Kier alpha value is -0.690. The van der Waals surface area contributed by atoms with E-state index in [1.54, 1.807) is 6.92 Å². The van der Waals surface area contributed by atoms with Crippen molar-refractivity contribution in [3.05, 3.63) is 0 Å². The van der Waals surface area contributed by atoms with Gasteiger partial charge in [0.05, 0.1) is 13.2 Å². The molecule has 0 spiro atoms. The largest absolute Gasteiger partial charge is 0.480 e. The second kappa shape index (κ2) is 11.9. The number of nitrogens with one attached hydrogen (secondary N) is 1. The van der Waals surface area contributed by atoms with E-state index in [9.17, 15) is 9.90 Å². The van der Waals surface area contributed by atoms with Crippen LogP contribution in [0.25, 0.3) is 0 Å². The molecule has 6 heteroatoms. The fraction of sp³-hybridized carbons (Fsp3) is 0.933. The molecule has 0 aliphatic rings. The van der Waals surface area contributed by atoms with Gasteiger partial charge in [0.15, 0.2) is 0 Å². The third-order valence-electron chi connectivity index (χ3n) is 3.48. The molecule has 0 saturated heterocycles. The summed E-state index contributed by atoms with van der Waals surface area (Å²) in [7, 11) is 0. The highest BCUT2D eigenvalue weighted by atomic mass is 16.5. The molecule has 0 aromatic carbocycles. The molecule has 0 aromatic heterocycles. The Bertz CT molecular complexity index is 266. The summed E-state index contributed by atoms with van der Waals surface area (Å²) in [4.78, 5) is 13.6. The summed E-state index contributed by atoms with van der Waals surface area (Å²) in [5.74, 6) is -0.807. The van der Waals surface area contributed by atoms with Crippen LogP contribution >= 0.6 is 0 Å². The normalized spacial score (nSPS) is 14.3. The fourth-order valence-corrected chi connectivity index (χ4v) is 2.05. The molecule has 21 heavy (non-hydrogen) atoms. The van der Waals surface area contributed by atoms with Crippen LogP contribution in [0.3, 0.4) is 0 Å². The number of hydrogen-bond acceptors (Lipinski definition) is 5. The van der Waals surface area contributed by atoms with Gasteiger partial charge in [0.2, 0.25) is 0 Å². The number of carboxylic acid groups (broad SMARTS) is 1. The van der Waals surface area contributed by atoms with Crippen molar-refractivity contribution in [3.8, 4) is 0 Å². The molecular formula is C15H32N2O4. The minimum atomic E-state index is -0.885. The van der Waals surface area contributed by atoms with Crippen molar-refractivity contribution in [1.29, 1.82) is 0 Å². The van der Waals surface area contributed by atoms with Gasteiger partial charge in [-0.15, -0.1) is 0 Å². The zero-order valence-electron chi connectivity index (χ0n) is 14.0. The molecule has 0 fully saturated rings. The highest BCUT2D eigenvalue weighted by molar-refractivity contribution is 5.78. The van der Waals surface area contributed by atoms with Crippen molar-refractivity contribution < 1.29 is 19.4 Å². The molecular weight excluding hydrogens is 272 g/mol. The standard InChI is InChI=1S/C15H32N2O4/c1-5-16-15(4,14(18)19)8-9-17(10-12-20-6-2)11-13-21-7-3/h16H,5-13H2,1-4H3,(H,18,19). The summed E-state index contributed by atoms with van der Waals surface area (Å²) >= 11 is 0. The first-order valence-electron chi connectivity index (χ1n) is 7.86. The van der Waals surface area contributed by atoms with E-state index in [2.05, 4.69) is 10.2 Å². The molecule has 0 saturated carbocycles. The SMILES string of the molecule is CCNC(C)(CCN(CCOCC)CCOCC)C(=O)O. The molecule has 126 valence electrons. The number of carbonyl (C=O) groups is 1. The predicted molar refractivity (Wildman–Crippen MR) is 83.8 cm³/mol. The molecule has 0 rings (SSSR count). The summed E-state index contributed by atoms with van der Waals surface area (Å²) < 4.78 is 10.8. The Morgan fingerprint density at radius 1 is 1.10 bits per heavy atom. The monoisotopic (exact) mass is 304 g/mol. The van der Waals surface area contributed by atoms with Crippen molar-refractivity contribution >= 4 is 5.97 Å². The molecule has 0 aromatic rings. The Morgan fingerprint density at radius 2 is 1.62 bits per heavy atom. The van der Waals surface area contributed by atoms with Crippen molar-refractivity contribution in [3.63, 3.8) is 0 Å². The van der Waals surface area contributed by atoms with Crippen molar-refractivity contribution in [1.82, 2.24) is 10.2 Å². The molecule has 0 bridgehead atoms. The predicted octanol–water partition coefficient (Wildman–Crippen LogP) is 1.20. The number of nitrogens with zero attached hydrogens (tertiary/aromatic N) is 1. The number of ether oxygens (including phenoxy) is 2. The third-order valence-corrected chi connectivity index (χ3v) is 3.48. The summed E-state index contributed by atoms with van der Waals surface area (Å²) in [5.41, 5.74) is -0.885. The Kier molecular flexibility index (Phi) is 11.5. The lowest BCUT2D eigenvalue weighted by atomic mass is 9.97. The number of hydrogen-bond donors (Lipinski definition) is 2. The molecule has 0 aliphatic carbocycles. The minimum Gasteiger partial charge on any atom is -0.480 e. The maximum Gasteiger partial charge on any atom is 0.323 e. The average molecular weight is 304 g/mol.